The van der Waals surface area contributed by atoms with Gasteiger partial charge in [0.1, 0.15) is 0 Å². The molecule has 4 heteroatoms. The fraction of sp³-hybridized carbons (Fsp3) is 0.300. The summed E-state index contributed by atoms with van der Waals surface area (Å²) in [4.78, 5) is 11.3. The van der Waals surface area contributed by atoms with Gasteiger partial charge in [0.15, 0.2) is 0 Å². The molecule has 0 spiro atoms. The first kappa shape index (κ1) is 11.6. The van der Waals surface area contributed by atoms with Crippen LogP contribution in [0, 0.1) is 0 Å². The highest BCUT2D eigenvalue weighted by atomic mass is 79.9. The number of amides is 1. The van der Waals surface area contributed by atoms with Crippen LogP contribution in [0.1, 0.15) is 6.42 Å². The molecule has 2 nitrogen and oxygen atoms in total. The maximum Gasteiger partial charge on any atom is 0.225 e. The number of thioether (sulfide) groups is 1. The maximum atomic E-state index is 11.3. The molecular weight excluding hydrogens is 262 g/mol. The summed E-state index contributed by atoms with van der Waals surface area (Å²) in [6, 6.07) is 7.57. The number of nitrogens with one attached hydrogen (secondary N) is 1. The molecule has 0 aliphatic rings. The second kappa shape index (κ2) is 6.09. The molecule has 0 atom stereocenters. The van der Waals surface area contributed by atoms with E-state index in [1.165, 1.54) is 0 Å². The fourth-order valence-electron chi connectivity index (χ4n) is 0.951. The van der Waals surface area contributed by atoms with Gasteiger partial charge in [-0.2, -0.15) is 11.8 Å². The van der Waals surface area contributed by atoms with Gasteiger partial charge in [-0.25, -0.2) is 0 Å². The SMILES string of the molecule is CSCCC(=O)Nc1ccc(Br)cc1. The molecular formula is C10H12BrNOS. The molecule has 1 aromatic carbocycles. The summed E-state index contributed by atoms with van der Waals surface area (Å²) in [6.07, 6.45) is 2.56. The van der Waals surface area contributed by atoms with Crippen LogP contribution < -0.4 is 5.32 Å². The second-order valence-electron chi connectivity index (χ2n) is 2.80. The van der Waals surface area contributed by atoms with E-state index in [0.717, 1.165) is 15.9 Å². The Morgan fingerprint density at radius 2 is 2.07 bits per heavy atom. The van der Waals surface area contributed by atoms with Gasteiger partial charge in [0.2, 0.25) is 5.91 Å². The molecule has 0 saturated carbocycles. The van der Waals surface area contributed by atoms with Crippen molar-refractivity contribution in [3.63, 3.8) is 0 Å². The molecule has 0 saturated heterocycles. The van der Waals surface area contributed by atoms with E-state index >= 15 is 0 Å². The van der Waals surface area contributed by atoms with Crippen molar-refractivity contribution in [2.24, 2.45) is 0 Å². The molecule has 14 heavy (non-hydrogen) atoms. The van der Waals surface area contributed by atoms with E-state index in [2.05, 4.69) is 21.2 Å². The minimum Gasteiger partial charge on any atom is -0.326 e. The average molecular weight is 274 g/mol. The summed E-state index contributed by atoms with van der Waals surface area (Å²) >= 11 is 5.01. The number of halogens is 1. The molecule has 76 valence electrons. The summed E-state index contributed by atoms with van der Waals surface area (Å²) in [5, 5.41) is 2.83. The molecule has 1 amide bonds. The average Bonchev–Trinajstić information content (AvgIpc) is 2.18. The summed E-state index contributed by atoms with van der Waals surface area (Å²) in [5.74, 6) is 0.934. The molecule has 0 aromatic heterocycles. The van der Waals surface area contributed by atoms with Gasteiger partial charge < -0.3 is 5.32 Å². The summed E-state index contributed by atoms with van der Waals surface area (Å²) in [6.45, 7) is 0. The van der Waals surface area contributed by atoms with Crippen LogP contribution in [0.3, 0.4) is 0 Å². The van der Waals surface area contributed by atoms with E-state index in [-0.39, 0.29) is 5.91 Å². The zero-order valence-electron chi connectivity index (χ0n) is 7.92. The van der Waals surface area contributed by atoms with Crippen LogP contribution in [0.15, 0.2) is 28.7 Å². The minimum absolute atomic E-state index is 0.0710. The Kier molecular flexibility index (Phi) is 5.04. The zero-order valence-corrected chi connectivity index (χ0v) is 10.3. The predicted octanol–water partition coefficient (Wildman–Crippen LogP) is 3.14. The van der Waals surface area contributed by atoms with Crippen LogP contribution >= 0.6 is 27.7 Å². The Bertz CT molecular complexity index is 299. The van der Waals surface area contributed by atoms with E-state index in [1.807, 2.05) is 30.5 Å². The van der Waals surface area contributed by atoms with Crippen molar-refractivity contribution in [1.29, 1.82) is 0 Å². The second-order valence-corrected chi connectivity index (χ2v) is 4.70. The van der Waals surface area contributed by atoms with Gasteiger partial charge in [0.05, 0.1) is 0 Å². The highest BCUT2D eigenvalue weighted by molar-refractivity contribution is 9.10. The smallest absolute Gasteiger partial charge is 0.225 e. The van der Waals surface area contributed by atoms with Crippen molar-refractivity contribution in [2.45, 2.75) is 6.42 Å². The van der Waals surface area contributed by atoms with Gasteiger partial charge in [0, 0.05) is 22.3 Å². The van der Waals surface area contributed by atoms with Gasteiger partial charge in [-0.1, -0.05) is 15.9 Å². The van der Waals surface area contributed by atoms with E-state index in [1.54, 1.807) is 11.8 Å². The molecule has 0 aliphatic carbocycles. The number of carbonyl (C=O) groups is 1. The Hall–Kier alpha value is -0.480. The van der Waals surface area contributed by atoms with E-state index < -0.39 is 0 Å². The Morgan fingerprint density at radius 3 is 2.64 bits per heavy atom. The molecule has 0 unspecified atom stereocenters. The van der Waals surface area contributed by atoms with Gasteiger partial charge >= 0.3 is 0 Å². The van der Waals surface area contributed by atoms with Gasteiger partial charge in [-0.15, -0.1) is 0 Å². The topological polar surface area (TPSA) is 29.1 Å². The van der Waals surface area contributed by atoms with Crippen molar-refractivity contribution in [3.05, 3.63) is 28.7 Å². The maximum absolute atomic E-state index is 11.3. The number of hydrogen-bond donors (Lipinski definition) is 1. The van der Waals surface area contributed by atoms with Crippen LogP contribution in [-0.4, -0.2) is 17.9 Å². The first-order valence-electron chi connectivity index (χ1n) is 4.26. The molecule has 0 aliphatic heterocycles. The molecule has 1 N–H and O–H groups in total. The number of benzene rings is 1. The van der Waals surface area contributed by atoms with Crippen LogP contribution in [-0.2, 0) is 4.79 Å². The molecule has 0 radical (unpaired) electrons. The summed E-state index contributed by atoms with van der Waals surface area (Å²) < 4.78 is 1.01. The van der Waals surface area contributed by atoms with Gasteiger partial charge in [0.25, 0.3) is 0 Å². The lowest BCUT2D eigenvalue weighted by molar-refractivity contribution is -0.115. The highest BCUT2D eigenvalue weighted by Gasteiger charge is 2.00. The third-order valence-electron chi connectivity index (χ3n) is 1.66. The van der Waals surface area contributed by atoms with Crippen molar-refractivity contribution < 1.29 is 4.79 Å². The molecule has 0 fully saturated rings. The number of hydrogen-bond acceptors (Lipinski definition) is 2. The van der Waals surface area contributed by atoms with Crippen LogP contribution in [0.4, 0.5) is 5.69 Å². The standard InChI is InChI=1S/C10H12BrNOS/c1-14-7-6-10(13)12-9-4-2-8(11)3-5-9/h2-5H,6-7H2,1H3,(H,12,13). The number of anilines is 1. The quantitative estimate of drug-likeness (QED) is 0.913. The Labute approximate surface area is 96.6 Å². The minimum atomic E-state index is 0.0710. The lowest BCUT2D eigenvalue weighted by atomic mass is 10.3. The third kappa shape index (κ3) is 4.15. The number of rotatable bonds is 4. The van der Waals surface area contributed by atoms with Crippen LogP contribution in [0.25, 0.3) is 0 Å². The Morgan fingerprint density at radius 1 is 1.43 bits per heavy atom. The summed E-state index contributed by atoms with van der Waals surface area (Å²) in [5.41, 5.74) is 0.847. The molecule has 1 rings (SSSR count). The first-order chi connectivity index (χ1) is 6.72. The van der Waals surface area contributed by atoms with E-state index in [9.17, 15) is 4.79 Å². The van der Waals surface area contributed by atoms with Gasteiger partial charge in [-0.05, 0) is 30.5 Å². The lowest BCUT2D eigenvalue weighted by Gasteiger charge is -2.03. The van der Waals surface area contributed by atoms with Crippen molar-refractivity contribution in [2.75, 3.05) is 17.3 Å². The number of carbonyl (C=O) groups excluding carboxylic acids is 1. The molecule has 0 bridgehead atoms. The van der Waals surface area contributed by atoms with Crippen molar-refractivity contribution >= 4 is 39.3 Å². The third-order valence-corrected chi connectivity index (χ3v) is 2.80. The fourth-order valence-corrected chi connectivity index (χ4v) is 1.61. The van der Waals surface area contributed by atoms with E-state index in [0.29, 0.717) is 6.42 Å². The predicted molar refractivity (Wildman–Crippen MR) is 65.8 cm³/mol. The van der Waals surface area contributed by atoms with E-state index in [4.69, 9.17) is 0 Å². The molecule has 1 aromatic rings. The molecule has 0 heterocycles. The van der Waals surface area contributed by atoms with Crippen molar-refractivity contribution in [1.82, 2.24) is 0 Å². The monoisotopic (exact) mass is 273 g/mol. The lowest BCUT2D eigenvalue weighted by Crippen LogP contribution is -2.11. The first-order valence-corrected chi connectivity index (χ1v) is 6.45. The Balaban J connectivity index is 2.44. The van der Waals surface area contributed by atoms with Gasteiger partial charge in [-0.3, -0.25) is 4.79 Å². The van der Waals surface area contributed by atoms with Crippen molar-refractivity contribution in [3.8, 4) is 0 Å². The van der Waals surface area contributed by atoms with Crippen LogP contribution in [0.5, 0.6) is 0 Å². The largest absolute Gasteiger partial charge is 0.326 e. The zero-order chi connectivity index (χ0) is 10.4. The highest BCUT2D eigenvalue weighted by Crippen LogP contribution is 2.14. The summed E-state index contributed by atoms with van der Waals surface area (Å²) in [7, 11) is 0. The van der Waals surface area contributed by atoms with Crippen LogP contribution in [0.2, 0.25) is 0 Å². The normalized spacial score (nSPS) is 9.86.